The van der Waals surface area contributed by atoms with Gasteiger partial charge in [0.15, 0.2) is 0 Å². The van der Waals surface area contributed by atoms with Crippen molar-refractivity contribution in [1.82, 2.24) is 0 Å². The lowest BCUT2D eigenvalue weighted by Crippen LogP contribution is -2.11. The van der Waals surface area contributed by atoms with E-state index in [1.54, 1.807) is 30.3 Å². The Morgan fingerprint density at radius 3 is 2.29 bits per heavy atom. The number of hydrogen-bond donors (Lipinski definition) is 1. The Hall–Kier alpha value is -2.04. The largest absolute Gasteiger partial charge is 0.478 e. The minimum absolute atomic E-state index is 0.00469. The van der Waals surface area contributed by atoms with Crippen LogP contribution in [0.1, 0.15) is 26.3 Å². The van der Waals surface area contributed by atoms with Gasteiger partial charge in [0, 0.05) is 0 Å². The highest BCUT2D eigenvalue weighted by atomic mass is 35.5. The van der Waals surface area contributed by atoms with Gasteiger partial charge in [-0.05, 0) is 29.8 Å². The number of rotatable bonds is 4. The molecule has 0 aromatic heterocycles. The van der Waals surface area contributed by atoms with Crippen LogP contribution in [-0.4, -0.2) is 17.0 Å². The number of ether oxygens (including phenoxy) is 1. The SMILES string of the molecule is O=C(O)c1ccccc1C(=O)OCc1ccc(Cl)c(Cl)c1. The molecule has 0 heterocycles. The van der Waals surface area contributed by atoms with E-state index in [1.807, 2.05) is 0 Å². The average Bonchev–Trinajstić information content (AvgIpc) is 2.48. The van der Waals surface area contributed by atoms with Crippen LogP contribution >= 0.6 is 23.2 Å². The van der Waals surface area contributed by atoms with E-state index < -0.39 is 11.9 Å². The molecule has 0 amide bonds. The van der Waals surface area contributed by atoms with Crippen molar-refractivity contribution in [2.75, 3.05) is 0 Å². The van der Waals surface area contributed by atoms with Gasteiger partial charge in [-0.1, -0.05) is 41.4 Å². The van der Waals surface area contributed by atoms with Gasteiger partial charge in [0.25, 0.3) is 0 Å². The molecule has 4 nitrogen and oxygen atoms in total. The summed E-state index contributed by atoms with van der Waals surface area (Å²) < 4.78 is 5.10. The summed E-state index contributed by atoms with van der Waals surface area (Å²) in [5.41, 5.74) is 0.562. The maximum atomic E-state index is 12.0. The molecule has 2 rings (SSSR count). The number of hydrogen-bond acceptors (Lipinski definition) is 3. The van der Waals surface area contributed by atoms with Crippen LogP contribution < -0.4 is 0 Å². The van der Waals surface area contributed by atoms with Crippen LogP contribution in [0.3, 0.4) is 0 Å². The van der Waals surface area contributed by atoms with Crippen LogP contribution in [0.5, 0.6) is 0 Å². The molecule has 0 saturated heterocycles. The Morgan fingerprint density at radius 2 is 1.67 bits per heavy atom. The molecule has 0 saturated carbocycles. The summed E-state index contributed by atoms with van der Waals surface area (Å²) >= 11 is 11.7. The molecule has 21 heavy (non-hydrogen) atoms. The highest BCUT2D eigenvalue weighted by Gasteiger charge is 2.17. The van der Waals surface area contributed by atoms with Crippen molar-refractivity contribution >= 4 is 35.1 Å². The fourth-order valence-electron chi connectivity index (χ4n) is 1.70. The molecule has 0 atom stereocenters. The molecule has 108 valence electrons. The van der Waals surface area contributed by atoms with Crippen molar-refractivity contribution in [2.45, 2.75) is 6.61 Å². The quantitative estimate of drug-likeness (QED) is 0.862. The smallest absolute Gasteiger partial charge is 0.339 e. The highest BCUT2D eigenvalue weighted by molar-refractivity contribution is 6.42. The molecule has 0 bridgehead atoms. The molecule has 0 unspecified atom stereocenters. The average molecular weight is 325 g/mol. The number of carbonyl (C=O) groups is 2. The maximum Gasteiger partial charge on any atom is 0.339 e. The molecule has 0 aliphatic carbocycles. The van der Waals surface area contributed by atoms with Gasteiger partial charge < -0.3 is 9.84 Å². The monoisotopic (exact) mass is 324 g/mol. The zero-order valence-electron chi connectivity index (χ0n) is 10.7. The van der Waals surface area contributed by atoms with E-state index in [1.165, 1.54) is 12.1 Å². The van der Waals surface area contributed by atoms with Gasteiger partial charge in [-0.3, -0.25) is 0 Å². The summed E-state index contributed by atoms with van der Waals surface area (Å²) in [6, 6.07) is 10.7. The minimum Gasteiger partial charge on any atom is -0.478 e. The Balaban J connectivity index is 2.12. The second-order valence-corrected chi connectivity index (χ2v) is 4.99. The van der Waals surface area contributed by atoms with Crippen LogP contribution in [0.4, 0.5) is 0 Å². The summed E-state index contributed by atoms with van der Waals surface area (Å²) in [6.07, 6.45) is 0. The summed E-state index contributed by atoms with van der Waals surface area (Å²) in [6.45, 7) is -0.0241. The molecular weight excluding hydrogens is 315 g/mol. The maximum absolute atomic E-state index is 12.0. The summed E-state index contributed by atoms with van der Waals surface area (Å²) in [7, 11) is 0. The highest BCUT2D eigenvalue weighted by Crippen LogP contribution is 2.23. The molecule has 0 spiro atoms. The van der Waals surface area contributed by atoms with E-state index in [9.17, 15) is 9.59 Å². The lowest BCUT2D eigenvalue weighted by molar-refractivity contribution is 0.0463. The second kappa shape index (κ2) is 6.61. The van der Waals surface area contributed by atoms with Gasteiger partial charge in [-0.15, -0.1) is 0 Å². The zero-order chi connectivity index (χ0) is 15.4. The first kappa shape index (κ1) is 15.4. The van der Waals surface area contributed by atoms with Gasteiger partial charge in [0.05, 0.1) is 21.2 Å². The Bertz CT molecular complexity index is 698. The molecule has 2 aromatic carbocycles. The minimum atomic E-state index is -1.18. The fourth-order valence-corrected chi connectivity index (χ4v) is 2.02. The number of benzene rings is 2. The van der Waals surface area contributed by atoms with E-state index in [4.69, 9.17) is 33.0 Å². The van der Waals surface area contributed by atoms with Gasteiger partial charge >= 0.3 is 11.9 Å². The molecule has 0 radical (unpaired) electrons. The van der Waals surface area contributed by atoms with Crippen molar-refractivity contribution in [1.29, 1.82) is 0 Å². The number of esters is 1. The first-order valence-electron chi connectivity index (χ1n) is 5.92. The first-order valence-corrected chi connectivity index (χ1v) is 6.68. The second-order valence-electron chi connectivity index (χ2n) is 4.18. The predicted molar refractivity (Wildman–Crippen MR) is 79.0 cm³/mol. The van der Waals surface area contributed by atoms with Gasteiger partial charge in [0.1, 0.15) is 6.61 Å². The number of carboxylic acids is 1. The standard InChI is InChI=1S/C15H10Cl2O4/c16-12-6-5-9(7-13(12)17)8-21-15(20)11-4-2-1-3-10(11)14(18)19/h1-7H,8H2,(H,18,19). The van der Waals surface area contributed by atoms with Crippen LogP contribution in [0.15, 0.2) is 42.5 Å². The van der Waals surface area contributed by atoms with Crippen molar-refractivity contribution in [3.8, 4) is 0 Å². The lowest BCUT2D eigenvalue weighted by atomic mass is 10.1. The molecule has 0 fully saturated rings. The number of carbonyl (C=O) groups excluding carboxylic acids is 1. The summed E-state index contributed by atoms with van der Waals surface area (Å²) in [5, 5.41) is 9.79. The van der Waals surface area contributed by atoms with E-state index in [2.05, 4.69) is 0 Å². The number of halogens is 2. The van der Waals surface area contributed by atoms with Gasteiger partial charge in [-0.2, -0.15) is 0 Å². The van der Waals surface area contributed by atoms with Crippen molar-refractivity contribution in [3.63, 3.8) is 0 Å². The molecule has 6 heteroatoms. The molecular formula is C15H10Cl2O4. The third kappa shape index (κ3) is 3.74. The van der Waals surface area contributed by atoms with Gasteiger partial charge in [-0.25, -0.2) is 9.59 Å². The van der Waals surface area contributed by atoms with Gasteiger partial charge in [0.2, 0.25) is 0 Å². The Kier molecular flexibility index (Phi) is 4.83. The topological polar surface area (TPSA) is 63.6 Å². The Morgan fingerprint density at radius 1 is 1.00 bits per heavy atom. The summed E-state index contributed by atoms with van der Waals surface area (Å²) in [4.78, 5) is 23.0. The van der Waals surface area contributed by atoms with E-state index in [0.717, 1.165) is 0 Å². The summed E-state index contributed by atoms with van der Waals surface area (Å²) in [5.74, 6) is -1.89. The van der Waals surface area contributed by atoms with Crippen molar-refractivity contribution < 1.29 is 19.4 Å². The van der Waals surface area contributed by atoms with E-state index in [-0.39, 0.29) is 17.7 Å². The molecule has 2 aromatic rings. The van der Waals surface area contributed by atoms with E-state index >= 15 is 0 Å². The molecule has 1 N–H and O–H groups in total. The normalized spacial score (nSPS) is 10.2. The van der Waals surface area contributed by atoms with Crippen molar-refractivity contribution in [3.05, 3.63) is 69.2 Å². The fraction of sp³-hybridized carbons (Fsp3) is 0.0667. The van der Waals surface area contributed by atoms with E-state index in [0.29, 0.717) is 15.6 Å². The number of aromatic carboxylic acids is 1. The number of carboxylic acid groups (broad SMARTS) is 1. The lowest BCUT2D eigenvalue weighted by Gasteiger charge is -2.08. The van der Waals surface area contributed by atoms with Crippen LogP contribution in [0, 0.1) is 0 Å². The Labute approximate surface area is 130 Å². The predicted octanol–water partition coefficient (Wildman–Crippen LogP) is 4.05. The third-order valence-electron chi connectivity index (χ3n) is 2.73. The third-order valence-corrected chi connectivity index (χ3v) is 3.47. The van der Waals surface area contributed by atoms with Crippen LogP contribution in [0.25, 0.3) is 0 Å². The first-order chi connectivity index (χ1) is 9.99. The zero-order valence-corrected chi connectivity index (χ0v) is 12.2. The molecule has 0 aliphatic rings. The van der Waals surface area contributed by atoms with Crippen molar-refractivity contribution in [2.24, 2.45) is 0 Å². The van der Waals surface area contributed by atoms with Crippen LogP contribution in [0.2, 0.25) is 10.0 Å². The molecule has 0 aliphatic heterocycles. The van der Waals surface area contributed by atoms with Crippen LogP contribution in [-0.2, 0) is 11.3 Å².